The fraction of sp³-hybridized carbons (Fsp3) is 0.476. The number of hydrogen-bond acceptors (Lipinski definition) is 4. The summed E-state index contributed by atoms with van der Waals surface area (Å²) in [6.07, 6.45) is 0.782. The smallest absolute Gasteiger partial charge is 0.225 e. The Kier molecular flexibility index (Phi) is 5.55. The lowest BCUT2D eigenvalue weighted by Crippen LogP contribution is -2.40. The molecule has 2 aromatic rings. The van der Waals surface area contributed by atoms with Gasteiger partial charge in [-0.05, 0) is 13.8 Å². The van der Waals surface area contributed by atoms with Gasteiger partial charge < -0.3 is 9.80 Å². The van der Waals surface area contributed by atoms with E-state index in [2.05, 4.69) is 18.7 Å². The predicted molar refractivity (Wildman–Crippen MR) is 105 cm³/mol. The van der Waals surface area contributed by atoms with Crippen LogP contribution >= 0.6 is 0 Å². The third-order valence-electron chi connectivity index (χ3n) is 4.94. The van der Waals surface area contributed by atoms with Gasteiger partial charge in [0.05, 0.1) is 12.2 Å². The van der Waals surface area contributed by atoms with Crippen LogP contribution in [-0.4, -0.2) is 40.4 Å². The molecule has 0 radical (unpaired) electrons. The Morgan fingerprint density at radius 1 is 1.15 bits per heavy atom. The Labute approximate surface area is 156 Å². The average molecular weight is 352 g/mol. The largest absolute Gasteiger partial charge is 0.357 e. The van der Waals surface area contributed by atoms with Crippen molar-refractivity contribution in [1.82, 2.24) is 14.9 Å². The van der Waals surface area contributed by atoms with E-state index in [9.17, 15) is 4.79 Å². The molecule has 1 aromatic carbocycles. The Balaban J connectivity index is 2.06. The number of amides is 1. The fourth-order valence-corrected chi connectivity index (χ4v) is 3.45. The van der Waals surface area contributed by atoms with Crippen molar-refractivity contribution < 1.29 is 4.79 Å². The standard InChI is InChI=1S/C21H28N4O/c1-5-24(6-2)20-17-14-25(21(26)15(3)4)13-12-18(17)22-19(23-20)16-10-8-7-9-11-16/h7-11,15H,5-6,12-14H2,1-4H3. The highest BCUT2D eigenvalue weighted by Gasteiger charge is 2.28. The van der Waals surface area contributed by atoms with E-state index in [-0.39, 0.29) is 11.8 Å². The van der Waals surface area contributed by atoms with Gasteiger partial charge in [-0.2, -0.15) is 0 Å². The molecule has 0 unspecified atom stereocenters. The Morgan fingerprint density at radius 2 is 1.85 bits per heavy atom. The monoisotopic (exact) mass is 352 g/mol. The van der Waals surface area contributed by atoms with Crippen molar-refractivity contribution in [3.8, 4) is 11.4 Å². The maximum atomic E-state index is 12.5. The van der Waals surface area contributed by atoms with Crippen LogP contribution in [0.4, 0.5) is 5.82 Å². The molecular weight excluding hydrogens is 324 g/mol. The van der Waals surface area contributed by atoms with E-state index >= 15 is 0 Å². The summed E-state index contributed by atoms with van der Waals surface area (Å²) in [5.41, 5.74) is 3.21. The van der Waals surface area contributed by atoms with Crippen molar-refractivity contribution in [2.75, 3.05) is 24.5 Å². The van der Waals surface area contributed by atoms with Crippen molar-refractivity contribution in [2.45, 2.75) is 40.7 Å². The first kappa shape index (κ1) is 18.4. The minimum atomic E-state index is 0.0120. The van der Waals surface area contributed by atoms with Crippen molar-refractivity contribution in [2.24, 2.45) is 5.92 Å². The average Bonchev–Trinajstić information content (AvgIpc) is 2.68. The fourth-order valence-electron chi connectivity index (χ4n) is 3.45. The molecule has 0 atom stereocenters. The first-order valence-electron chi connectivity index (χ1n) is 9.54. The van der Waals surface area contributed by atoms with Crippen LogP contribution in [0.1, 0.15) is 39.0 Å². The van der Waals surface area contributed by atoms with E-state index in [0.29, 0.717) is 6.54 Å². The summed E-state index contributed by atoms with van der Waals surface area (Å²) in [6, 6.07) is 10.1. The van der Waals surface area contributed by atoms with Crippen LogP contribution in [0.15, 0.2) is 30.3 Å². The summed E-state index contributed by atoms with van der Waals surface area (Å²) in [5, 5.41) is 0. The van der Waals surface area contributed by atoms with E-state index in [1.807, 2.05) is 49.1 Å². The number of fused-ring (bicyclic) bond motifs is 1. The maximum absolute atomic E-state index is 12.5. The molecule has 5 heteroatoms. The van der Waals surface area contributed by atoms with Crippen LogP contribution in [0.25, 0.3) is 11.4 Å². The van der Waals surface area contributed by atoms with Crippen molar-refractivity contribution >= 4 is 11.7 Å². The second-order valence-electron chi connectivity index (χ2n) is 7.00. The van der Waals surface area contributed by atoms with Crippen LogP contribution in [0.2, 0.25) is 0 Å². The zero-order chi connectivity index (χ0) is 18.7. The first-order valence-corrected chi connectivity index (χ1v) is 9.54. The van der Waals surface area contributed by atoms with Gasteiger partial charge in [-0.15, -0.1) is 0 Å². The van der Waals surface area contributed by atoms with E-state index in [1.54, 1.807) is 0 Å². The molecule has 0 saturated heterocycles. The summed E-state index contributed by atoms with van der Waals surface area (Å²) >= 11 is 0. The number of benzene rings is 1. The number of carbonyl (C=O) groups is 1. The van der Waals surface area contributed by atoms with E-state index in [0.717, 1.165) is 54.5 Å². The van der Waals surface area contributed by atoms with Gasteiger partial charge in [0.2, 0.25) is 5.91 Å². The molecule has 0 fully saturated rings. The third kappa shape index (κ3) is 3.57. The van der Waals surface area contributed by atoms with Crippen LogP contribution < -0.4 is 4.90 Å². The Bertz CT molecular complexity index is 769. The van der Waals surface area contributed by atoms with Gasteiger partial charge in [0, 0.05) is 43.1 Å². The molecule has 0 N–H and O–H groups in total. The van der Waals surface area contributed by atoms with Crippen LogP contribution in [0.5, 0.6) is 0 Å². The lowest BCUT2D eigenvalue weighted by atomic mass is 10.0. The van der Waals surface area contributed by atoms with Crippen molar-refractivity contribution in [3.05, 3.63) is 41.6 Å². The normalized spacial score (nSPS) is 13.7. The van der Waals surface area contributed by atoms with Gasteiger partial charge in [0.25, 0.3) is 0 Å². The molecular formula is C21H28N4O. The minimum absolute atomic E-state index is 0.0120. The van der Waals surface area contributed by atoms with Crippen LogP contribution in [-0.2, 0) is 17.8 Å². The maximum Gasteiger partial charge on any atom is 0.225 e. The highest BCUT2D eigenvalue weighted by atomic mass is 16.2. The quantitative estimate of drug-likeness (QED) is 0.826. The predicted octanol–water partition coefficient (Wildman–Crippen LogP) is 3.53. The summed E-state index contributed by atoms with van der Waals surface area (Å²) in [7, 11) is 0. The number of hydrogen-bond donors (Lipinski definition) is 0. The summed E-state index contributed by atoms with van der Waals surface area (Å²) in [6.45, 7) is 11.3. The van der Waals surface area contributed by atoms with Crippen molar-refractivity contribution in [1.29, 1.82) is 0 Å². The van der Waals surface area contributed by atoms with Gasteiger partial charge in [0.15, 0.2) is 5.82 Å². The van der Waals surface area contributed by atoms with Crippen molar-refractivity contribution in [3.63, 3.8) is 0 Å². The van der Waals surface area contributed by atoms with E-state index in [1.165, 1.54) is 0 Å². The zero-order valence-electron chi connectivity index (χ0n) is 16.2. The summed E-state index contributed by atoms with van der Waals surface area (Å²) in [4.78, 5) is 26.5. The van der Waals surface area contributed by atoms with Crippen LogP contribution in [0.3, 0.4) is 0 Å². The lowest BCUT2D eigenvalue weighted by Gasteiger charge is -2.33. The minimum Gasteiger partial charge on any atom is -0.357 e. The Morgan fingerprint density at radius 3 is 2.46 bits per heavy atom. The van der Waals surface area contributed by atoms with Crippen LogP contribution in [0, 0.1) is 5.92 Å². The SMILES string of the molecule is CCN(CC)c1nc(-c2ccccc2)nc2c1CN(C(=O)C(C)C)CC2. The number of aromatic nitrogens is 2. The highest BCUT2D eigenvalue weighted by Crippen LogP contribution is 2.30. The molecule has 5 nitrogen and oxygen atoms in total. The molecule has 0 saturated carbocycles. The number of carbonyl (C=O) groups excluding carboxylic acids is 1. The molecule has 0 spiro atoms. The summed E-state index contributed by atoms with van der Waals surface area (Å²) in [5.74, 6) is 1.96. The molecule has 1 aliphatic heterocycles. The van der Waals surface area contributed by atoms with Gasteiger partial charge in [-0.25, -0.2) is 9.97 Å². The molecule has 138 valence electrons. The molecule has 1 amide bonds. The van der Waals surface area contributed by atoms with Gasteiger partial charge >= 0.3 is 0 Å². The highest BCUT2D eigenvalue weighted by molar-refractivity contribution is 5.78. The molecule has 2 heterocycles. The molecule has 0 bridgehead atoms. The molecule has 26 heavy (non-hydrogen) atoms. The number of anilines is 1. The van der Waals surface area contributed by atoms with Gasteiger partial charge in [0.1, 0.15) is 5.82 Å². The van der Waals surface area contributed by atoms with Gasteiger partial charge in [-0.3, -0.25) is 4.79 Å². The third-order valence-corrected chi connectivity index (χ3v) is 4.94. The molecule has 3 rings (SSSR count). The molecule has 1 aliphatic rings. The van der Waals surface area contributed by atoms with E-state index < -0.39 is 0 Å². The number of rotatable bonds is 5. The molecule has 0 aliphatic carbocycles. The van der Waals surface area contributed by atoms with E-state index in [4.69, 9.17) is 9.97 Å². The zero-order valence-corrected chi connectivity index (χ0v) is 16.2. The summed E-state index contributed by atoms with van der Waals surface area (Å²) < 4.78 is 0. The van der Waals surface area contributed by atoms with Gasteiger partial charge in [-0.1, -0.05) is 44.2 Å². The second kappa shape index (κ2) is 7.85. The topological polar surface area (TPSA) is 49.3 Å². The lowest BCUT2D eigenvalue weighted by molar-refractivity contribution is -0.135. The Hall–Kier alpha value is -2.43. The second-order valence-corrected chi connectivity index (χ2v) is 7.00. The number of nitrogens with zero attached hydrogens (tertiary/aromatic N) is 4. The molecule has 1 aromatic heterocycles. The first-order chi connectivity index (χ1) is 12.5.